The minimum Gasteiger partial charge on any atom is -0.326 e. The maximum atomic E-state index is 12.6. The van der Waals surface area contributed by atoms with Crippen molar-refractivity contribution in [3.63, 3.8) is 0 Å². The zero-order chi connectivity index (χ0) is 18.7. The highest BCUT2D eigenvalue weighted by Gasteiger charge is 2.31. The summed E-state index contributed by atoms with van der Waals surface area (Å²) in [7, 11) is 0. The summed E-state index contributed by atoms with van der Waals surface area (Å²) in [6, 6.07) is 17.0. The highest BCUT2D eigenvalue weighted by molar-refractivity contribution is 6.14. The first kappa shape index (κ1) is 17.9. The van der Waals surface area contributed by atoms with Crippen LogP contribution >= 0.6 is 0 Å². The van der Waals surface area contributed by atoms with Crippen molar-refractivity contribution >= 4 is 23.2 Å². The van der Waals surface area contributed by atoms with E-state index >= 15 is 0 Å². The van der Waals surface area contributed by atoms with Crippen LogP contribution in [0, 0.1) is 5.41 Å². The van der Waals surface area contributed by atoms with Gasteiger partial charge in [-0.05, 0) is 11.6 Å². The summed E-state index contributed by atoms with van der Waals surface area (Å²) in [4.78, 5) is 29.6. The van der Waals surface area contributed by atoms with Crippen molar-refractivity contribution in [2.45, 2.75) is 33.4 Å². The topological polar surface area (TPSA) is 70.6 Å². The fourth-order valence-electron chi connectivity index (χ4n) is 2.94. The summed E-state index contributed by atoms with van der Waals surface area (Å²) in [6.45, 7) is 6.13. The van der Waals surface area contributed by atoms with Gasteiger partial charge in [0, 0.05) is 16.7 Å². The lowest BCUT2D eigenvalue weighted by Crippen LogP contribution is -2.43. The van der Waals surface area contributed by atoms with Gasteiger partial charge in [0.25, 0.3) is 5.91 Å². The molecule has 1 aliphatic rings. The first-order valence-electron chi connectivity index (χ1n) is 8.66. The summed E-state index contributed by atoms with van der Waals surface area (Å²) < 4.78 is 0. The number of nitrogens with one attached hydrogen (secondary N) is 2. The van der Waals surface area contributed by atoms with Crippen LogP contribution in [0.25, 0.3) is 0 Å². The van der Waals surface area contributed by atoms with Gasteiger partial charge in [-0.25, -0.2) is 0 Å². The molecule has 0 aliphatic carbocycles. The van der Waals surface area contributed by atoms with Crippen LogP contribution in [0.4, 0.5) is 5.69 Å². The average Bonchev–Trinajstić information content (AvgIpc) is 2.72. The lowest BCUT2D eigenvalue weighted by atomic mass is 9.85. The number of benzene rings is 2. The first-order chi connectivity index (χ1) is 12.3. The quantitative estimate of drug-likeness (QED) is 0.893. The molecule has 0 saturated heterocycles. The molecule has 134 valence electrons. The van der Waals surface area contributed by atoms with Gasteiger partial charge in [0.1, 0.15) is 0 Å². The van der Waals surface area contributed by atoms with Gasteiger partial charge in [-0.2, -0.15) is 0 Å². The SMILES string of the molecule is CC(C)(C)C1=NC(NC(=O)Cc2ccccc2)C(=O)Nc2ccccc21. The lowest BCUT2D eigenvalue weighted by Gasteiger charge is -2.23. The number of aliphatic imine (C=N–C) groups is 1. The minimum absolute atomic E-state index is 0.206. The Balaban J connectivity index is 1.87. The van der Waals surface area contributed by atoms with E-state index in [2.05, 4.69) is 15.6 Å². The minimum atomic E-state index is -0.951. The molecule has 0 saturated carbocycles. The molecule has 0 bridgehead atoms. The van der Waals surface area contributed by atoms with Crippen molar-refractivity contribution in [1.29, 1.82) is 0 Å². The Morgan fingerprint density at radius 2 is 1.73 bits per heavy atom. The third kappa shape index (κ3) is 3.99. The first-order valence-corrected chi connectivity index (χ1v) is 8.66. The van der Waals surface area contributed by atoms with Crippen LogP contribution in [0.1, 0.15) is 31.9 Å². The van der Waals surface area contributed by atoms with Crippen LogP contribution in [0.5, 0.6) is 0 Å². The number of carbonyl (C=O) groups is 2. The van der Waals surface area contributed by atoms with Gasteiger partial charge in [0.05, 0.1) is 12.1 Å². The fourth-order valence-corrected chi connectivity index (χ4v) is 2.94. The average molecular weight is 349 g/mol. The van der Waals surface area contributed by atoms with E-state index in [1.165, 1.54) is 0 Å². The number of hydrogen-bond acceptors (Lipinski definition) is 3. The molecule has 0 spiro atoms. The molecule has 3 rings (SSSR count). The zero-order valence-electron chi connectivity index (χ0n) is 15.2. The van der Waals surface area contributed by atoms with E-state index in [-0.39, 0.29) is 23.7 Å². The predicted molar refractivity (Wildman–Crippen MR) is 103 cm³/mol. The van der Waals surface area contributed by atoms with E-state index in [0.29, 0.717) is 5.69 Å². The highest BCUT2D eigenvalue weighted by Crippen LogP contribution is 2.29. The van der Waals surface area contributed by atoms with E-state index in [9.17, 15) is 9.59 Å². The maximum absolute atomic E-state index is 12.6. The Kier molecular flexibility index (Phi) is 4.89. The van der Waals surface area contributed by atoms with Crippen LogP contribution in [0.2, 0.25) is 0 Å². The Morgan fingerprint density at radius 1 is 1.08 bits per heavy atom. The second-order valence-corrected chi connectivity index (χ2v) is 7.39. The fraction of sp³-hybridized carbons (Fsp3) is 0.286. The van der Waals surface area contributed by atoms with Crippen molar-refractivity contribution < 1.29 is 9.59 Å². The molecule has 5 heteroatoms. The molecule has 2 aromatic carbocycles. The molecule has 2 N–H and O–H groups in total. The molecular weight excluding hydrogens is 326 g/mol. The number of nitrogens with zero attached hydrogens (tertiary/aromatic N) is 1. The second-order valence-electron chi connectivity index (χ2n) is 7.39. The van der Waals surface area contributed by atoms with Crippen LogP contribution in [0.3, 0.4) is 0 Å². The molecule has 2 amide bonds. The number of hydrogen-bond donors (Lipinski definition) is 2. The van der Waals surface area contributed by atoms with E-state index in [4.69, 9.17) is 0 Å². The van der Waals surface area contributed by atoms with E-state index in [1.807, 2.05) is 75.4 Å². The smallest absolute Gasteiger partial charge is 0.269 e. The molecule has 0 radical (unpaired) electrons. The molecule has 5 nitrogen and oxygen atoms in total. The number of carbonyl (C=O) groups excluding carboxylic acids is 2. The number of anilines is 1. The monoisotopic (exact) mass is 349 g/mol. The zero-order valence-corrected chi connectivity index (χ0v) is 15.2. The van der Waals surface area contributed by atoms with Gasteiger partial charge in [-0.3, -0.25) is 14.6 Å². The highest BCUT2D eigenvalue weighted by atomic mass is 16.2. The lowest BCUT2D eigenvalue weighted by molar-refractivity contribution is -0.125. The number of fused-ring (bicyclic) bond motifs is 1. The van der Waals surface area contributed by atoms with E-state index in [1.54, 1.807) is 0 Å². The van der Waals surface area contributed by atoms with Crippen LogP contribution in [0.15, 0.2) is 59.6 Å². The molecular formula is C21H23N3O2. The van der Waals surface area contributed by atoms with E-state index < -0.39 is 6.17 Å². The Bertz CT molecular complexity index is 851. The van der Waals surface area contributed by atoms with Crippen LogP contribution in [-0.2, 0) is 16.0 Å². The van der Waals surface area contributed by atoms with Crippen LogP contribution < -0.4 is 10.6 Å². The Hall–Kier alpha value is -2.95. The third-order valence-corrected chi connectivity index (χ3v) is 4.16. The normalized spacial score (nSPS) is 16.8. The van der Waals surface area contributed by atoms with Gasteiger partial charge in [0.2, 0.25) is 12.1 Å². The maximum Gasteiger partial charge on any atom is 0.269 e. The standard InChI is InChI=1S/C21H23N3O2/c1-21(2,3)18-15-11-7-8-12-16(15)22-20(26)19(24-18)23-17(25)13-14-9-5-4-6-10-14/h4-12,19H,13H2,1-3H3,(H,22,26)(H,23,25). The van der Waals surface area contributed by atoms with Crippen molar-refractivity contribution in [3.8, 4) is 0 Å². The van der Waals surface area contributed by atoms with Crippen molar-refractivity contribution in [3.05, 3.63) is 65.7 Å². The van der Waals surface area contributed by atoms with Crippen LogP contribution in [-0.4, -0.2) is 23.7 Å². The molecule has 1 atom stereocenters. The van der Waals surface area contributed by atoms with Gasteiger partial charge in [0.15, 0.2) is 0 Å². The summed E-state index contributed by atoms with van der Waals surface area (Å²) in [5.41, 5.74) is 3.00. The summed E-state index contributed by atoms with van der Waals surface area (Å²) in [6.07, 6.45) is -0.745. The van der Waals surface area contributed by atoms with Gasteiger partial charge in [-0.15, -0.1) is 0 Å². The molecule has 2 aromatic rings. The Morgan fingerprint density at radius 3 is 2.42 bits per heavy atom. The van der Waals surface area contributed by atoms with Gasteiger partial charge < -0.3 is 10.6 Å². The summed E-state index contributed by atoms with van der Waals surface area (Å²) >= 11 is 0. The number of para-hydroxylation sites is 1. The molecule has 0 aromatic heterocycles. The van der Waals surface area contributed by atoms with Gasteiger partial charge >= 0.3 is 0 Å². The van der Waals surface area contributed by atoms with Crippen molar-refractivity contribution in [2.75, 3.05) is 5.32 Å². The molecule has 1 unspecified atom stereocenters. The van der Waals surface area contributed by atoms with Gasteiger partial charge in [-0.1, -0.05) is 69.3 Å². The largest absolute Gasteiger partial charge is 0.326 e. The van der Waals surface area contributed by atoms with Crippen molar-refractivity contribution in [2.24, 2.45) is 10.4 Å². The number of amides is 2. The van der Waals surface area contributed by atoms with Crippen molar-refractivity contribution in [1.82, 2.24) is 5.32 Å². The summed E-state index contributed by atoms with van der Waals surface area (Å²) in [5.74, 6) is -0.572. The second kappa shape index (κ2) is 7.12. The molecule has 26 heavy (non-hydrogen) atoms. The predicted octanol–water partition coefficient (Wildman–Crippen LogP) is 3.16. The van der Waals surface area contributed by atoms with E-state index in [0.717, 1.165) is 16.8 Å². The number of rotatable bonds is 3. The molecule has 1 aliphatic heterocycles. The third-order valence-electron chi connectivity index (χ3n) is 4.16. The number of benzodiazepines with no additional fused rings is 1. The molecule has 1 heterocycles. The Labute approximate surface area is 153 Å². The molecule has 0 fully saturated rings. The summed E-state index contributed by atoms with van der Waals surface area (Å²) in [5, 5.41) is 5.63.